The number of anilines is 1. The summed E-state index contributed by atoms with van der Waals surface area (Å²) in [5.41, 5.74) is 4.59. The first-order valence-electron chi connectivity index (χ1n) is 9.69. The third-order valence-corrected chi connectivity index (χ3v) is 5.39. The van der Waals surface area contributed by atoms with Gasteiger partial charge in [0, 0.05) is 11.6 Å². The third kappa shape index (κ3) is 3.83. The summed E-state index contributed by atoms with van der Waals surface area (Å²) in [5, 5.41) is 3.61. The summed E-state index contributed by atoms with van der Waals surface area (Å²) in [6.45, 7) is 6.52. The number of nitrogens with zero attached hydrogens (tertiary/aromatic N) is 3. The number of nitrogens with one attached hydrogen (secondary N) is 1. The smallest absolute Gasteiger partial charge is 0.273 e. The zero-order chi connectivity index (χ0) is 20.5. The molecule has 1 unspecified atom stereocenters. The zero-order valence-corrected chi connectivity index (χ0v) is 17.4. The maximum Gasteiger partial charge on any atom is 0.273 e. The fraction of sp³-hybridized carbons (Fsp3) is 0.261. The quantitative estimate of drug-likeness (QED) is 0.605. The van der Waals surface area contributed by atoms with Crippen molar-refractivity contribution in [2.24, 2.45) is 0 Å². The van der Waals surface area contributed by atoms with Crippen LogP contribution in [0.2, 0.25) is 5.28 Å². The van der Waals surface area contributed by atoms with E-state index < -0.39 is 0 Å². The number of benzene rings is 2. The van der Waals surface area contributed by atoms with Crippen molar-refractivity contribution in [3.63, 3.8) is 0 Å². The van der Waals surface area contributed by atoms with Crippen LogP contribution in [0.5, 0.6) is 0 Å². The van der Waals surface area contributed by atoms with Crippen molar-refractivity contribution in [1.82, 2.24) is 14.9 Å². The fourth-order valence-electron chi connectivity index (χ4n) is 3.60. The molecule has 1 amide bonds. The van der Waals surface area contributed by atoms with Gasteiger partial charge in [0.25, 0.3) is 5.91 Å². The molecule has 4 rings (SSSR count). The lowest BCUT2D eigenvalue weighted by atomic mass is 9.97. The lowest BCUT2D eigenvalue weighted by molar-refractivity contribution is 0.0726. The minimum Gasteiger partial charge on any atom is -0.359 e. The molecule has 3 aromatic rings. The van der Waals surface area contributed by atoms with Gasteiger partial charge in [0.05, 0.1) is 12.6 Å². The van der Waals surface area contributed by atoms with Crippen molar-refractivity contribution >= 4 is 23.3 Å². The van der Waals surface area contributed by atoms with Crippen LogP contribution in [0.3, 0.4) is 0 Å². The van der Waals surface area contributed by atoms with Crippen LogP contribution in [0, 0.1) is 6.92 Å². The topological polar surface area (TPSA) is 58.1 Å². The molecule has 1 aliphatic heterocycles. The van der Waals surface area contributed by atoms with E-state index in [4.69, 9.17) is 11.6 Å². The van der Waals surface area contributed by atoms with Crippen LogP contribution in [-0.4, -0.2) is 26.8 Å². The molecule has 1 N–H and O–H groups in total. The largest absolute Gasteiger partial charge is 0.359 e. The monoisotopic (exact) mass is 406 g/mol. The molecule has 1 atom stereocenters. The highest BCUT2D eigenvalue weighted by Crippen LogP contribution is 2.33. The Kier molecular flexibility index (Phi) is 5.24. The van der Waals surface area contributed by atoms with Crippen LogP contribution in [-0.2, 0) is 6.54 Å². The highest BCUT2D eigenvalue weighted by Gasteiger charge is 2.34. The van der Waals surface area contributed by atoms with Gasteiger partial charge in [-0.1, -0.05) is 60.2 Å². The molecular formula is C23H23ClN4O. The van der Waals surface area contributed by atoms with E-state index in [2.05, 4.69) is 58.6 Å². The van der Waals surface area contributed by atoms with Crippen LogP contribution in [0.1, 0.15) is 52.6 Å². The predicted octanol–water partition coefficient (Wildman–Crippen LogP) is 5.00. The third-order valence-electron chi connectivity index (χ3n) is 5.22. The number of hydrogen-bond donors (Lipinski definition) is 1. The maximum atomic E-state index is 12.8. The summed E-state index contributed by atoms with van der Waals surface area (Å²) >= 11 is 6.18. The Bertz CT molecular complexity index is 1030. The van der Waals surface area contributed by atoms with E-state index in [-0.39, 0.29) is 23.3 Å². The summed E-state index contributed by atoms with van der Waals surface area (Å²) in [5.74, 6) is 0.500. The first-order chi connectivity index (χ1) is 13.9. The number of carbonyl (C=O) groups is 1. The van der Waals surface area contributed by atoms with E-state index in [1.165, 1.54) is 5.56 Å². The number of aromatic nitrogens is 2. The molecule has 2 aromatic carbocycles. The number of fused-ring (bicyclic) bond motifs is 1. The molecule has 148 valence electrons. The second-order valence-corrected chi connectivity index (χ2v) is 7.93. The van der Waals surface area contributed by atoms with E-state index in [9.17, 15) is 4.79 Å². The van der Waals surface area contributed by atoms with Crippen LogP contribution >= 0.6 is 11.6 Å². The van der Waals surface area contributed by atoms with Gasteiger partial charge >= 0.3 is 0 Å². The Hall–Kier alpha value is -2.92. The van der Waals surface area contributed by atoms with Crippen LogP contribution in [0.15, 0.2) is 54.6 Å². The van der Waals surface area contributed by atoms with E-state index in [1.807, 2.05) is 32.0 Å². The average molecular weight is 407 g/mol. The Morgan fingerprint density at radius 3 is 2.31 bits per heavy atom. The molecule has 0 spiro atoms. The Balaban J connectivity index is 1.77. The Morgan fingerprint density at radius 1 is 1.00 bits per heavy atom. The molecule has 1 aliphatic rings. The lowest BCUT2D eigenvalue weighted by Crippen LogP contribution is -2.31. The number of hydrogen-bond acceptors (Lipinski definition) is 4. The van der Waals surface area contributed by atoms with E-state index >= 15 is 0 Å². The van der Waals surface area contributed by atoms with Crippen LogP contribution in [0.25, 0.3) is 0 Å². The molecule has 2 heterocycles. The van der Waals surface area contributed by atoms with Crippen LogP contribution in [0.4, 0.5) is 5.82 Å². The van der Waals surface area contributed by atoms with Gasteiger partial charge in [-0.05, 0) is 43.5 Å². The molecule has 0 saturated heterocycles. The molecule has 6 heteroatoms. The average Bonchev–Trinajstić information content (AvgIpc) is 3.04. The highest BCUT2D eigenvalue weighted by atomic mass is 35.5. The van der Waals surface area contributed by atoms with Gasteiger partial charge in [-0.15, -0.1) is 0 Å². The van der Waals surface area contributed by atoms with Gasteiger partial charge in [0.1, 0.15) is 11.5 Å². The molecule has 0 aliphatic carbocycles. The highest BCUT2D eigenvalue weighted by molar-refractivity contribution is 6.28. The van der Waals surface area contributed by atoms with Gasteiger partial charge in [-0.3, -0.25) is 4.79 Å². The molecular weight excluding hydrogens is 384 g/mol. The standard InChI is InChI=1S/C23H23ClN4O/c1-14(2)28-13-18-20(22(28)29)26-23(24)27-21(18)25-19(16-7-5-4-6-8-16)17-11-9-15(3)10-12-17/h4-12,14,19H,13H2,1-3H3,(H,25,26,27). The van der Waals surface area contributed by atoms with Crippen molar-refractivity contribution in [3.8, 4) is 0 Å². The van der Waals surface area contributed by atoms with E-state index in [1.54, 1.807) is 4.90 Å². The molecule has 29 heavy (non-hydrogen) atoms. The predicted molar refractivity (Wildman–Crippen MR) is 115 cm³/mol. The number of aryl methyl sites for hydroxylation is 1. The summed E-state index contributed by atoms with van der Waals surface area (Å²) in [6.07, 6.45) is 0. The van der Waals surface area contributed by atoms with Crippen molar-refractivity contribution in [2.75, 3.05) is 5.32 Å². The molecule has 0 saturated carbocycles. The van der Waals surface area contributed by atoms with Gasteiger partial charge < -0.3 is 10.2 Å². The van der Waals surface area contributed by atoms with Gasteiger partial charge in [-0.25, -0.2) is 9.97 Å². The molecule has 0 radical (unpaired) electrons. The van der Waals surface area contributed by atoms with Crippen molar-refractivity contribution < 1.29 is 4.79 Å². The Labute approximate surface area is 175 Å². The van der Waals surface area contributed by atoms with Crippen molar-refractivity contribution in [2.45, 2.75) is 39.4 Å². The normalized spacial score (nSPS) is 14.2. The van der Waals surface area contributed by atoms with Gasteiger partial charge in [0.2, 0.25) is 5.28 Å². The minimum atomic E-state index is -0.130. The molecule has 1 aromatic heterocycles. The first-order valence-corrected chi connectivity index (χ1v) is 10.1. The SMILES string of the molecule is Cc1ccc(C(Nc2nc(Cl)nc3c2CN(C(C)C)C3=O)c2ccccc2)cc1. The Morgan fingerprint density at radius 2 is 1.66 bits per heavy atom. The summed E-state index contributed by atoms with van der Waals surface area (Å²) in [4.78, 5) is 23.2. The molecule has 5 nitrogen and oxygen atoms in total. The first kappa shape index (κ1) is 19.4. The summed E-state index contributed by atoms with van der Waals surface area (Å²) < 4.78 is 0. The second-order valence-electron chi connectivity index (χ2n) is 7.59. The number of halogens is 1. The number of amides is 1. The summed E-state index contributed by atoms with van der Waals surface area (Å²) in [7, 11) is 0. The van der Waals surface area contributed by atoms with E-state index in [0.717, 1.165) is 16.7 Å². The minimum absolute atomic E-state index is 0.0703. The summed E-state index contributed by atoms with van der Waals surface area (Å²) in [6, 6.07) is 18.5. The lowest BCUT2D eigenvalue weighted by Gasteiger charge is -2.22. The zero-order valence-electron chi connectivity index (χ0n) is 16.7. The molecule has 0 bridgehead atoms. The fourth-order valence-corrected chi connectivity index (χ4v) is 3.77. The van der Waals surface area contributed by atoms with Gasteiger partial charge in [-0.2, -0.15) is 0 Å². The maximum absolute atomic E-state index is 12.8. The van der Waals surface area contributed by atoms with E-state index in [0.29, 0.717) is 18.1 Å². The van der Waals surface area contributed by atoms with Crippen LogP contribution < -0.4 is 5.32 Å². The number of carbonyl (C=O) groups excluding carboxylic acids is 1. The van der Waals surface area contributed by atoms with Crippen molar-refractivity contribution in [3.05, 3.63) is 87.8 Å². The number of rotatable bonds is 5. The van der Waals surface area contributed by atoms with Crippen molar-refractivity contribution in [1.29, 1.82) is 0 Å². The second kappa shape index (κ2) is 7.84. The molecule has 0 fully saturated rings. The van der Waals surface area contributed by atoms with Gasteiger partial charge in [0.15, 0.2) is 0 Å².